The van der Waals surface area contributed by atoms with Crippen molar-refractivity contribution in [1.82, 2.24) is 9.97 Å². The Balaban J connectivity index is 1.90. The number of anilines is 1. The van der Waals surface area contributed by atoms with Crippen LogP contribution in [0.2, 0.25) is 0 Å². The van der Waals surface area contributed by atoms with Gasteiger partial charge in [-0.1, -0.05) is 12.2 Å². The van der Waals surface area contributed by atoms with Crippen molar-refractivity contribution in [1.29, 1.82) is 0 Å². The second-order valence-electron chi connectivity index (χ2n) is 3.83. The highest BCUT2D eigenvalue weighted by atomic mass is 32.1. The predicted molar refractivity (Wildman–Crippen MR) is 76.6 cm³/mol. The Morgan fingerprint density at radius 3 is 2.72 bits per heavy atom. The first-order valence-electron chi connectivity index (χ1n) is 5.64. The zero-order chi connectivity index (χ0) is 12.8. The minimum absolute atomic E-state index is 0.313. The molecule has 2 heterocycles. The highest BCUT2D eigenvalue weighted by Crippen LogP contribution is 2.08. The number of rotatable bonds is 5. The lowest BCUT2D eigenvalue weighted by Gasteiger charge is -2.07. The molecular weight excluding hydrogens is 244 g/mol. The molecule has 0 aromatic carbocycles. The van der Waals surface area contributed by atoms with E-state index in [2.05, 4.69) is 15.3 Å². The first kappa shape index (κ1) is 12.4. The van der Waals surface area contributed by atoms with Gasteiger partial charge in [0.25, 0.3) is 0 Å². The molecule has 2 aromatic rings. The topological polar surface area (TPSA) is 63.8 Å². The van der Waals surface area contributed by atoms with E-state index in [1.54, 1.807) is 18.6 Å². The summed E-state index contributed by atoms with van der Waals surface area (Å²) < 4.78 is 0. The molecule has 0 amide bonds. The first-order chi connectivity index (χ1) is 8.75. The van der Waals surface area contributed by atoms with Crippen LogP contribution in [0.3, 0.4) is 0 Å². The summed E-state index contributed by atoms with van der Waals surface area (Å²) in [7, 11) is 0. The van der Waals surface area contributed by atoms with Gasteiger partial charge in [-0.3, -0.25) is 9.97 Å². The van der Waals surface area contributed by atoms with Crippen LogP contribution in [0.25, 0.3) is 0 Å². The molecule has 0 saturated carbocycles. The molecule has 0 fully saturated rings. The molecule has 92 valence electrons. The molecule has 3 N–H and O–H groups in total. The summed E-state index contributed by atoms with van der Waals surface area (Å²) >= 11 is 4.89. The van der Waals surface area contributed by atoms with E-state index < -0.39 is 0 Å². The third kappa shape index (κ3) is 3.49. The van der Waals surface area contributed by atoms with Crippen LogP contribution in [0.5, 0.6) is 0 Å². The summed E-state index contributed by atoms with van der Waals surface area (Å²) in [6.45, 7) is 0.838. The molecule has 4 nitrogen and oxygen atoms in total. The Bertz CT molecular complexity index is 528. The van der Waals surface area contributed by atoms with Gasteiger partial charge in [0.05, 0.1) is 5.69 Å². The lowest BCUT2D eigenvalue weighted by Crippen LogP contribution is -2.12. The van der Waals surface area contributed by atoms with E-state index in [-0.39, 0.29) is 0 Å². The Kier molecular flexibility index (Phi) is 4.20. The van der Waals surface area contributed by atoms with E-state index in [1.165, 1.54) is 5.56 Å². The SMILES string of the molecule is NC(=S)c1cc(NCCc2ccncc2)ccn1. The minimum atomic E-state index is 0.313. The van der Waals surface area contributed by atoms with Crippen molar-refractivity contribution in [2.24, 2.45) is 5.73 Å². The van der Waals surface area contributed by atoms with Crippen molar-refractivity contribution in [2.75, 3.05) is 11.9 Å². The smallest absolute Gasteiger partial charge is 0.122 e. The van der Waals surface area contributed by atoms with Crippen LogP contribution in [-0.2, 0) is 6.42 Å². The van der Waals surface area contributed by atoms with Crippen LogP contribution in [0, 0.1) is 0 Å². The Hall–Kier alpha value is -2.01. The molecule has 0 radical (unpaired) electrons. The summed E-state index contributed by atoms with van der Waals surface area (Å²) in [5, 5.41) is 3.31. The number of nitrogens with one attached hydrogen (secondary N) is 1. The number of nitrogens with zero attached hydrogens (tertiary/aromatic N) is 2. The van der Waals surface area contributed by atoms with E-state index in [4.69, 9.17) is 18.0 Å². The maximum atomic E-state index is 5.54. The Morgan fingerprint density at radius 1 is 1.22 bits per heavy atom. The maximum absolute atomic E-state index is 5.54. The summed E-state index contributed by atoms with van der Waals surface area (Å²) in [4.78, 5) is 8.39. The molecule has 0 spiro atoms. The molecule has 2 aromatic heterocycles. The highest BCUT2D eigenvalue weighted by Gasteiger charge is 1.99. The quantitative estimate of drug-likeness (QED) is 0.800. The van der Waals surface area contributed by atoms with E-state index in [1.807, 2.05) is 24.3 Å². The van der Waals surface area contributed by atoms with Crippen molar-refractivity contribution < 1.29 is 0 Å². The van der Waals surface area contributed by atoms with E-state index in [9.17, 15) is 0 Å². The van der Waals surface area contributed by atoms with Gasteiger partial charge in [-0.2, -0.15) is 0 Å². The van der Waals surface area contributed by atoms with Crippen molar-refractivity contribution in [3.8, 4) is 0 Å². The van der Waals surface area contributed by atoms with E-state index >= 15 is 0 Å². The van der Waals surface area contributed by atoms with Crippen molar-refractivity contribution >= 4 is 22.9 Å². The van der Waals surface area contributed by atoms with Crippen molar-refractivity contribution in [3.05, 3.63) is 54.1 Å². The fourth-order valence-corrected chi connectivity index (χ4v) is 1.69. The van der Waals surface area contributed by atoms with Crippen LogP contribution < -0.4 is 11.1 Å². The summed E-state index contributed by atoms with van der Waals surface area (Å²) in [5.74, 6) is 0. The lowest BCUT2D eigenvalue weighted by molar-refractivity contribution is 1.01. The molecular formula is C13H14N4S. The number of aromatic nitrogens is 2. The number of hydrogen-bond donors (Lipinski definition) is 2. The molecule has 2 rings (SSSR count). The third-order valence-corrected chi connectivity index (χ3v) is 2.71. The highest BCUT2D eigenvalue weighted by molar-refractivity contribution is 7.80. The molecule has 0 saturated heterocycles. The van der Waals surface area contributed by atoms with Gasteiger partial charge in [0.15, 0.2) is 0 Å². The van der Waals surface area contributed by atoms with E-state index in [0.29, 0.717) is 10.7 Å². The second kappa shape index (κ2) is 6.07. The molecule has 0 aliphatic heterocycles. The van der Waals surface area contributed by atoms with Gasteiger partial charge in [-0.15, -0.1) is 0 Å². The predicted octanol–water partition coefficient (Wildman–Crippen LogP) is 1.77. The average molecular weight is 258 g/mol. The maximum Gasteiger partial charge on any atom is 0.122 e. The molecule has 5 heteroatoms. The second-order valence-corrected chi connectivity index (χ2v) is 4.27. The van der Waals surface area contributed by atoms with Gasteiger partial charge in [0.1, 0.15) is 4.99 Å². The Morgan fingerprint density at radius 2 is 2.00 bits per heavy atom. The minimum Gasteiger partial charge on any atom is -0.388 e. The summed E-state index contributed by atoms with van der Waals surface area (Å²) in [6.07, 6.45) is 6.23. The van der Waals surface area contributed by atoms with Gasteiger partial charge < -0.3 is 11.1 Å². The van der Waals surface area contributed by atoms with Crippen molar-refractivity contribution in [2.45, 2.75) is 6.42 Å². The molecule has 0 aliphatic carbocycles. The zero-order valence-electron chi connectivity index (χ0n) is 9.84. The van der Waals surface area contributed by atoms with Crippen LogP contribution in [0.15, 0.2) is 42.9 Å². The largest absolute Gasteiger partial charge is 0.388 e. The number of thiocarbonyl (C=S) groups is 1. The van der Waals surface area contributed by atoms with Gasteiger partial charge in [-0.25, -0.2) is 0 Å². The van der Waals surface area contributed by atoms with Crippen molar-refractivity contribution in [3.63, 3.8) is 0 Å². The lowest BCUT2D eigenvalue weighted by atomic mass is 10.2. The number of nitrogens with two attached hydrogens (primary N) is 1. The number of hydrogen-bond acceptors (Lipinski definition) is 4. The molecule has 0 unspecified atom stereocenters. The summed E-state index contributed by atoms with van der Waals surface area (Å²) in [6, 6.07) is 7.77. The van der Waals surface area contributed by atoms with Gasteiger partial charge in [0.2, 0.25) is 0 Å². The molecule has 0 atom stereocenters. The van der Waals surface area contributed by atoms with Gasteiger partial charge in [0, 0.05) is 30.8 Å². The normalized spacial score (nSPS) is 10.0. The molecule has 0 aliphatic rings. The van der Waals surface area contributed by atoms with Crippen LogP contribution in [-0.4, -0.2) is 21.5 Å². The number of pyridine rings is 2. The molecule has 0 bridgehead atoms. The Labute approximate surface area is 111 Å². The fraction of sp³-hybridized carbons (Fsp3) is 0.154. The zero-order valence-corrected chi connectivity index (χ0v) is 10.7. The van der Waals surface area contributed by atoms with Crippen LogP contribution in [0.1, 0.15) is 11.3 Å². The fourth-order valence-electron chi connectivity index (χ4n) is 1.58. The average Bonchev–Trinajstić information content (AvgIpc) is 2.40. The molecule has 18 heavy (non-hydrogen) atoms. The monoisotopic (exact) mass is 258 g/mol. The van der Waals surface area contributed by atoms with Crippen LogP contribution in [0.4, 0.5) is 5.69 Å². The standard InChI is InChI=1S/C13H14N4S/c14-13(18)12-9-11(4-8-17-12)16-7-3-10-1-5-15-6-2-10/h1-2,4-6,8-9H,3,7H2,(H2,14,18)(H,16,17). The van der Waals surface area contributed by atoms with E-state index in [0.717, 1.165) is 18.7 Å². The summed E-state index contributed by atoms with van der Waals surface area (Å²) in [5.41, 5.74) is 8.40. The van der Waals surface area contributed by atoms with Gasteiger partial charge in [-0.05, 0) is 36.2 Å². The van der Waals surface area contributed by atoms with Crippen LogP contribution >= 0.6 is 12.2 Å². The van der Waals surface area contributed by atoms with Gasteiger partial charge >= 0.3 is 0 Å². The third-order valence-electron chi connectivity index (χ3n) is 2.50. The first-order valence-corrected chi connectivity index (χ1v) is 6.05.